The molecule has 6 aromatic carbocycles. The van der Waals surface area contributed by atoms with Gasteiger partial charge in [-0.2, -0.15) is 0 Å². The van der Waals surface area contributed by atoms with Crippen LogP contribution >= 0.6 is 19.5 Å². The molecule has 39 heavy (non-hydrogen) atoms. The van der Waals surface area contributed by atoms with Crippen molar-refractivity contribution >= 4 is 35.4 Å². The Kier molecular flexibility index (Phi) is 9.02. The Labute approximate surface area is 238 Å². The van der Waals surface area contributed by atoms with Crippen LogP contribution < -0.4 is 15.9 Å². The van der Waals surface area contributed by atoms with Crippen molar-refractivity contribution in [2.24, 2.45) is 0 Å². The molecule has 0 radical (unpaired) electrons. The van der Waals surface area contributed by atoms with Crippen molar-refractivity contribution < 1.29 is 0 Å². The molecule has 0 bridgehead atoms. The summed E-state index contributed by atoms with van der Waals surface area (Å²) in [6.45, 7) is 0. The lowest BCUT2D eigenvalue weighted by atomic mass is 9.84. The first kappa shape index (κ1) is 26.6. The first-order valence-electron chi connectivity index (χ1n) is 13.1. The summed E-state index contributed by atoms with van der Waals surface area (Å²) in [6.07, 6.45) is 0. The second-order valence-corrected chi connectivity index (χ2v) is 11.9. The van der Waals surface area contributed by atoms with E-state index in [2.05, 4.69) is 127 Å². The molecule has 0 unspecified atom stereocenters. The molecule has 6 rings (SSSR count). The Balaban J connectivity index is 0.000000158. The maximum atomic E-state index is 7.12. The molecule has 0 aromatic heterocycles. The van der Waals surface area contributed by atoms with Crippen LogP contribution in [-0.2, 0) is 4.87 Å². The highest BCUT2D eigenvalue weighted by molar-refractivity contribution is 7.79. The van der Waals surface area contributed by atoms with Crippen molar-refractivity contribution in [2.45, 2.75) is 4.87 Å². The zero-order valence-corrected chi connectivity index (χ0v) is 23.3. The lowest BCUT2D eigenvalue weighted by Gasteiger charge is -2.29. The van der Waals surface area contributed by atoms with E-state index >= 15 is 0 Å². The van der Waals surface area contributed by atoms with E-state index in [1.165, 1.54) is 15.9 Å². The fourth-order valence-corrected chi connectivity index (χ4v) is 7.37. The Morgan fingerprint density at radius 2 is 0.513 bits per heavy atom. The van der Waals surface area contributed by atoms with Crippen LogP contribution in [0.4, 0.5) is 0 Å². The third-order valence-electron chi connectivity index (χ3n) is 6.56. The SMILES string of the molecule is ClC(c1ccccc1)(c1ccccc1)c1ccccc1.c1ccc(P(c2ccccc2)c2ccccc2)cc1. The molecule has 0 heterocycles. The van der Waals surface area contributed by atoms with Gasteiger partial charge in [0, 0.05) is 0 Å². The van der Waals surface area contributed by atoms with Gasteiger partial charge in [-0.3, -0.25) is 0 Å². The summed E-state index contributed by atoms with van der Waals surface area (Å²) in [5.74, 6) is 0. The summed E-state index contributed by atoms with van der Waals surface area (Å²) in [7, 11) is -0.446. The average Bonchev–Trinajstić information content (AvgIpc) is 3.04. The van der Waals surface area contributed by atoms with Gasteiger partial charge in [-0.1, -0.05) is 182 Å². The smallest absolute Gasteiger partial charge is 0.104 e. The van der Waals surface area contributed by atoms with Gasteiger partial charge in [0.05, 0.1) is 0 Å². The van der Waals surface area contributed by atoms with Gasteiger partial charge in [-0.15, -0.1) is 11.6 Å². The molecule has 0 N–H and O–H groups in total. The predicted octanol–water partition coefficient (Wildman–Crippen LogP) is 8.66. The summed E-state index contributed by atoms with van der Waals surface area (Å²) < 4.78 is 0. The van der Waals surface area contributed by atoms with E-state index in [1.807, 2.05) is 54.6 Å². The molecule has 0 saturated heterocycles. The molecule has 0 fully saturated rings. The minimum absolute atomic E-state index is 0.446. The van der Waals surface area contributed by atoms with E-state index < -0.39 is 12.8 Å². The predicted molar refractivity (Wildman–Crippen MR) is 170 cm³/mol. The largest absolute Gasteiger partial charge is 0.119 e. The monoisotopic (exact) mass is 540 g/mol. The Morgan fingerprint density at radius 3 is 0.744 bits per heavy atom. The summed E-state index contributed by atoms with van der Waals surface area (Å²) in [5.41, 5.74) is 3.25. The van der Waals surface area contributed by atoms with Crippen LogP contribution in [0.1, 0.15) is 16.7 Å². The van der Waals surface area contributed by atoms with Crippen LogP contribution in [0.15, 0.2) is 182 Å². The fraction of sp³-hybridized carbons (Fsp3) is 0.0270. The van der Waals surface area contributed by atoms with Crippen LogP contribution in [0.3, 0.4) is 0 Å². The van der Waals surface area contributed by atoms with Crippen molar-refractivity contribution in [3.63, 3.8) is 0 Å². The van der Waals surface area contributed by atoms with Crippen molar-refractivity contribution in [3.8, 4) is 0 Å². The van der Waals surface area contributed by atoms with Crippen molar-refractivity contribution in [3.05, 3.63) is 199 Å². The standard InChI is InChI=1S/C19H15Cl.C18H15P/c20-19(16-10-4-1-5-11-16,17-12-6-2-7-13-17)18-14-8-3-9-15-18;1-4-10-16(11-5-1)19(17-12-6-2-7-13-17)18-14-8-3-9-15-18/h1-15H;1-15H. The molecule has 2 heteroatoms. The number of hydrogen-bond donors (Lipinski definition) is 0. The molecule has 0 aliphatic heterocycles. The topological polar surface area (TPSA) is 0 Å². The van der Waals surface area contributed by atoms with Crippen molar-refractivity contribution in [1.82, 2.24) is 0 Å². The first-order chi connectivity index (χ1) is 19.3. The molecule has 0 nitrogen and oxygen atoms in total. The van der Waals surface area contributed by atoms with Gasteiger partial charge in [-0.05, 0) is 40.5 Å². The van der Waals surface area contributed by atoms with Gasteiger partial charge in [-0.25, -0.2) is 0 Å². The Bertz CT molecular complexity index is 1330. The van der Waals surface area contributed by atoms with Crippen LogP contribution in [-0.4, -0.2) is 0 Å². The third kappa shape index (κ3) is 6.37. The molecule has 0 saturated carbocycles. The van der Waals surface area contributed by atoms with E-state index in [1.54, 1.807) is 0 Å². The Hall–Kier alpha value is -3.96. The number of rotatable bonds is 6. The van der Waals surface area contributed by atoms with Crippen molar-refractivity contribution in [2.75, 3.05) is 0 Å². The summed E-state index contributed by atoms with van der Waals surface area (Å²) in [6, 6.07) is 63.0. The maximum absolute atomic E-state index is 7.12. The van der Waals surface area contributed by atoms with Gasteiger partial charge >= 0.3 is 0 Å². The highest BCUT2D eigenvalue weighted by atomic mass is 35.5. The van der Waals surface area contributed by atoms with E-state index in [4.69, 9.17) is 11.6 Å². The molecular formula is C37H30ClP. The van der Waals surface area contributed by atoms with Gasteiger partial charge in [0.1, 0.15) is 4.87 Å². The molecule has 0 amide bonds. The number of alkyl halides is 1. The fourth-order valence-electron chi connectivity index (χ4n) is 4.68. The van der Waals surface area contributed by atoms with Crippen molar-refractivity contribution in [1.29, 1.82) is 0 Å². The van der Waals surface area contributed by atoms with E-state index in [-0.39, 0.29) is 0 Å². The highest BCUT2D eigenvalue weighted by Gasteiger charge is 2.33. The lowest BCUT2D eigenvalue weighted by Crippen LogP contribution is -2.22. The summed E-state index contributed by atoms with van der Waals surface area (Å²) in [5, 5.41) is 4.19. The number of hydrogen-bond acceptors (Lipinski definition) is 0. The third-order valence-corrected chi connectivity index (χ3v) is 9.66. The lowest BCUT2D eigenvalue weighted by molar-refractivity contribution is 0.879. The second-order valence-electron chi connectivity index (χ2n) is 9.10. The number of halogens is 1. The summed E-state index contributed by atoms with van der Waals surface area (Å²) >= 11 is 7.12. The molecule has 0 aliphatic carbocycles. The van der Waals surface area contributed by atoms with Gasteiger partial charge in [0.25, 0.3) is 0 Å². The van der Waals surface area contributed by atoms with Gasteiger partial charge < -0.3 is 0 Å². The minimum Gasteiger partial charge on any atom is -0.104 e. The molecule has 0 aliphatic rings. The first-order valence-corrected chi connectivity index (χ1v) is 14.8. The summed E-state index contributed by atoms with van der Waals surface area (Å²) in [4.78, 5) is -0.649. The quantitative estimate of drug-likeness (QED) is 0.113. The average molecular weight is 541 g/mol. The zero-order valence-electron chi connectivity index (χ0n) is 21.6. The highest BCUT2D eigenvalue weighted by Crippen LogP contribution is 2.42. The molecule has 0 spiro atoms. The van der Waals surface area contributed by atoms with E-state index in [9.17, 15) is 0 Å². The van der Waals surface area contributed by atoms with Crippen LogP contribution in [0.2, 0.25) is 0 Å². The van der Waals surface area contributed by atoms with E-state index in [0.717, 1.165) is 16.7 Å². The van der Waals surface area contributed by atoms with Gasteiger partial charge in [0.15, 0.2) is 0 Å². The second kappa shape index (κ2) is 13.2. The van der Waals surface area contributed by atoms with E-state index in [0.29, 0.717) is 0 Å². The molecule has 190 valence electrons. The Morgan fingerprint density at radius 1 is 0.308 bits per heavy atom. The van der Waals surface area contributed by atoms with Crippen LogP contribution in [0.5, 0.6) is 0 Å². The molecule has 0 atom stereocenters. The maximum Gasteiger partial charge on any atom is 0.119 e. The molecule has 6 aromatic rings. The molecular weight excluding hydrogens is 511 g/mol. The normalized spacial score (nSPS) is 10.9. The minimum atomic E-state index is -0.649. The van der Waals surface area contributed by atoms with Gasteiger partial charge in [0.2, 0.25) is 0 Å². The zero-order chi connectivity index (χ0) is 26.8. The van der Waals surface area contributed by atoms with Crippen LogP contribution in [0.25, 0.3) is 0 Å². The number of benzene rings is 6. The van der Waals surface area contributed by atoms with Crippen LogP contribution in [0, 0.1) is 0 Å².